The Labute approximate surface area is 148 Å². The van der Waals surface area contributed by atoms with Crippen molar-refractivity contribution in [3.8, 4) is 0 Å². The van der Waals surface area contributed by atoms with Crippen LogP contribution in [0.1, 0.15) is 29.0 Å². The van der Waals surface area contributed by atoms with Gasteiger partial charge in [0.2, 0.25) is 5.71 Å². The van der Waals surface area contributed by atoms with Crippen molar-refractivity contribution in [3.05, 3.63) is 52.5 Å². The number of nitrogens with one attached hydrogen (secondary N) is 1. The minimum absolute atomic E-state index is 0.00684. The zero-order chi connectivity index (χ0) is 18.1. The van der Waals surface area contributed by atoms with Gasteiger partial charge in [0, 0.05) is 12.8 Å². The molecule has 0 aromatic carbocycles. The van der Waals surface area contributed by atoms with Crippen LogP contribution in [0.4, 0.5) is 5.69 Å². The van der Waals surface area contributed by atoms with Gasteiger partial charge in [0.05, 0.1) is 30.1 Å². The number of rotatable bonds is 4. The van der Waals surface area contributed by atoms with E-state index in [9.17, 15) is 9.59 Å². The summed E-state index contributed by atoms with van der Waals surface area (Å²) < 4.78 is 12.6. The molecule has 0 aliphatic carbocycles. The Balaban J connectivity index is 1.72. The van der Waals surface area contributed by atoms with Gasteiger partial charge in [-0.05, 0) is 31.9 Å². The Morgan fingerprint density at radius 1 is 1.46 bits per heavy atom. The zero-order valence-electron chi connectivity index (χ0n) is 14.3. The summed E-state index contributed by atoms with van der Waals surface area (Å²) in [5, 5.41) is 2.92. The fourth-order valence-electron chi connectivity index (χ4n) is 3.18. The Bertz CT molecular complexity index is 1000. The molecule has 4 heterocycles. The predicted octanol–water partition coefficient (Wildman–Crippen LogP) is 2.12. The minimum Gasteiger partial charge on any atom is -0.442 e. The zero-order valence-corrected chi connectivity index (χ0v) is 14.3. The summed E-state index contributed by atoms with van der Waals surface area (Å²) in [5.41, 5.74) is 0.587. The number of hydrogen-bond acceptors (Lipinski definition) is 6. The van der Waals surface area contributed by atoms with E-state index in [0.29, 0.717) is 24.6 Å². The Morgan fingerprint density at radius 3 is 3.08 bits per heavy atom. The first kappa shape index (κ1) is 16.5. The molecule has 3 aromatic rings. The summed E-state index contributed by atoms with van der Waals surface area (Å²) in [7, 11) is 0. The number of ether oxygens (including phenoxy) is 1. The first-order valence-corrected chi connectivity index (χ1v) is 8.45. The topological polar surface area (TPSA) is 99.2 Å². The summed E-state index contributed by atoms with van der Waals surface area (Å²) in [6, 6.07) is 3.43. The molecule has 0 bridgehead atoms. The fourth-order valence-corrected chi connectivity index (χ4v) is 3.18. The van der Waals surface area contributed by atoms with Crippen molar-refractivity contribution in [2.75, 3.05) is 11.9 Å². The lowest BCUT2D eigenvalue weighted by Crippen LogP contribution is -2.27. The maximum absolute atomic E-state index is 12.9. The van der Waals surface area contributed by atoms with Gasteiger partial charge >= 0.3 is 0 Å². The molecule has 1 aliphatic rings. The van der Waals surface area contributed by atoms with Crippen LogP contribution in [0.25, 0.3) is 11.1 Å². The van der Waals surface area contributed by atoms with Crippen LogP contribution in [0.15, 0.2) is 40.1 Å². The van der Waals surface area contributed by atoms with Crippen LogP contribution in [-0.4, -0.2) is 33.2 Å². The average Bonchev–Trinajstić information content (AvgIpc) is 3.25. The second-order valence-electron chi connectivity index (χ2n) is 6.25. The van der Waals surface area contributed by atoms with E-state index in [2.05, 4.69) is 15.3 Å². The number of aromatic nitrogens is 3. The third-order valence-electron chi connectivity index (χ3n) is 4.43. The van der Waals surface area contributed by atoms with E-state index >= 15 is 0 Å². The first-order valence-electron chi connectivity index (χ1n) is 8.45. The van der Waals surface area contributed by atoms with Crippen LogP contribution >= 0.6 is 0 Å². The minimum atomic E-state index is -0.428. The van der Waals surface area contributed by atoms with Crippen molar-refractivity contribution in [1.82, 2.24) is 14.5 Å². The third kappa shape index (κ3) is 2.99. The van der Waals surface area contributed by atoms with Crippen molar-refractivity contribution in [1.29, 1.82) is 0 Å². The standard InChI is InChI=1S/C18H18N4O4/c1-11-14(16(23)21-12-4-2-6-19-8-12)15-17(26-11)20-10-22(18(15)24)9-13-5-3-7-25-13/h2,4,6,8,10,13H,3,5,7,9H2,1H3,(H,21,23). The van der Waals surface area contributed by atoms with Gasteiger partial charge in [0.15, 0.2) is 0 Å². The van der Waals surface area contributed by atoms with Gasteiger partial charge in [0.1, 0.15) is 17.5 Å². The number of aryl methyl sites for hydroxylation is 1. The Morgan fingerprint density at radius 2 is 2.35 bits per heavy atom. The summed E-state index contributed by atoms with van der Waals surface area (Å²) in [4.78, 5) is 33.8. The summed E-state index contributed by atoms with van der Waals surface area (Å²) in [5.74, 6) is -0.0797. The highest BCUT2D eigenvalue weighted by Crippen LogP contribution is 2.22. The molecule has 3 aromatic heterocycles. The smallest absolute Gasteiger partial charge is 0.265 e. The second kappa shape index (κ2) is 6.72. The molecule has 8 heteroatoms. The number of fused-ring (bicyclic) bond motifs is 1. The van der Waals surface area contributed by atoms with Gasteiger partial charge in [-0.2, -0.15) is 0 Å². The van der Waals surface area contributed by atoms with E-state index in [1.807, 2.05) is 0 Å². The molecule has 1 fully saturated rings. The van der Waals surface area contributed by atoms with Crippen molar-refractivity contribution in [2.24, 2.45) is 0 Å². The van der Waals surface area contributed by atoms with Crippen molar-refractivity contribution in [2.45, 2.75) is 32.4 Å². The number of anilines is 1. The number of carbonyl (C=O) groups excluding carboxylic acids is 1. The number of carbonyl (C=O) groups is 1. The molecule has 134 valence electrons. The van der Waals surface area contributed by atoms with E-state index in [1.165, 1.54) is 17.1 Å². The molecule has 26 heavy (non-hydrogen) atoms. The number of hydrogen-bond donors (Lipinski definition) is 1. The predicted molar refractivity (Wildman–Crippen MR) is 94.2 cm³/mol. The maximum Gasteiger partial charge on any atom is 0.265 e. The molecule has 0 saturated carbocycles. The fraction of sp³-hybridized carbons (Fsp3) is 0.333. The van der Waals surface area contributed by atoms with Crippen LogP contribution in [0, 0.1) is 6.92 Å². The third-order valence-corrected chi connectivity index (χ3v) is 4.43. The number of furan rings is 1. The molecule has 0 spiro atoms. The summed E-state index contributed by atoms with van der Waals surface area (Å²) >= 11 is 0. The van der Waals surface area contributed by atoms with Crippen LogP contribution < -0.4 is 10.9 Å². The lowest BCUT2D eigenvalue weighted by Gasteiger charge is -2.11. The van der Waals surface area contributed by atoms with Crippen molar-refractivity contribution < 1.29 is 13.9 Å². The molecule has 1 atom stereocenters. The monoisotopic (exact) mass is 354 g/mol. The van der Waals surface area contributed by atoms with Gasteiger partial charge in [-0.3, -0.25) is 19.1 Å². The lowest BCUT2D eigenvalue weighted by atomic mass is 10.1. The van der Waals surface area contributed by atoms with Crippen LogP contribution in [0.2, 0.25) is 0 Å². The highest BCUT2D eigenvalue weighted by atomic mass is 16.5. The molecule has 1 saturated heterocycles. The SMILES string of the molecule is Cc1oc2ncn(CC3CCCO3)c(=O)c2c1C(=O)Nc1cccnc1. The van der Waals surface area contributed by atoms with E-state index in [4.69, 9.17) is 9.15 Å². The number of amides is 1. The highest BCUT2D eigenvalue weighted by Gasteiger charge is 2.24. The molecule has 1 N–H and O–H groups in total. The molecule has 1 unspecified atom stereocenters. The van der Waals surface area contributed by atoms with E-state index in [0.717, 1.165) is 12.8 Å². The van der Waals surface area contributed by atoms with E-state index < -0.39 is 5.91 Å². The molecule has 1 amide bonds. The first-order chi connectivity index (χ1) is 12.6. The average molecular weight is 354 g/mol. The molecular formula is C18H18N4O4. The summed E-state index contributed by atoms with van der Waals surface area (Å²) in [6.07, 6.45) is 6.47. The van der Waals surface area contributed by atoms with E-state index in [1.54, 1.807) is 25.3 Å². The van der Waals surface area contributed by atoms with Gasteiger partial charge < -0.3 is 14.5 Å². The van der Waals surface area contributed by atoms with Crippen molar-refractivity contribution >= 4 is 22.7 Å². The molecule has 0 radical (unpaired) electrons. The van der Waals surface area contributed by atoms with Crippen LogP contribution in [-0.2, 0) is 11.3 Å². The molecule has 4 rings (SSSR count). The van der Waals surface area contributed by atoms with Gasteiger partial charge in [-0.15, -0.1) is 0 Å². The highest BCUT2D eigenvalue weighted by molar-refractivity contribution is 6.12. The molecule has 8 nitrogen and oxygen atoms in total. The van der Waals surface area contributed by atoms with Gasteiger partial charge in [-0.25, -0.2) is 4.98 Å². The second-order valence-corrected chi connectivity index (χ2v) is 6.25. The molecule has 1 aliphatic heterocycles. The van der Waals surface area contributed by atoms with E-state index in [-0.39, 0.29) is 28.3 Å². The largest absolute Gasteiger partial charge is 0.442 e. The number of pyridine rings is 1. The van der Waals surface area contributed by atoms with Crippen LogP contribution in [0.3, 0.4) is 0 Å². The Hall–Kier alpha value is -3.00. The van der Waals surface area contributed by atoms with Gasteiger partial charge in [-0.1, -0.05) is 0 Å². The summed E-state index contributed by atoms with van der Waals surface area (Å²) in [6.45, 7) is 2.76. The lowest BCUT2D eigenvalue weighted by molar-refractivity contribution is 0.0960. The van der Waals surface area contributed by atoms with Crippen LogP contribution in [0.5, 0.6) is 0 Å². The number of nitrogens with zero attached hydrogens (tertiary/aromatic N) is 3. The Kier molecular flexibility index (Phi) is 4.26. The quantitative estimate of drug-likeness (QED) is 0.770. The molecular weight excluding hydrogens is 336 g/mol. The maximum atomic E-state index is 12.9. The van der Waals surface area contributed by atoms with Crippen molar-refractivity contribution in [3.63, 3.8) is 0 Å². The normalized spacial score (nSPS) is 16.9. The van der Waals surface area contributed by atoms with Gasteiger partial charge in [0.25, 0.3) is 11.5 Å².